The van der Waals surface area contributed by atoms with Gasteiger partial charge >= 0.3 is 0 Å². The Balaban J connectivity index is 2.21. The fraction of sp³-hybridized carbons (Fsp3) is 0.143. The number of phenolic OH excluding ortho intramolecular Hbond substituents is 1. The Hall–Kier alpha value is -2.56. The van der Waals surface area contributed by atoms with E-state index in [1.807, 2.05) is 0 Å². The fourth-order valence-electron chi connectivity index (χ4n) is 2.45. The zero-order valence-electron chi connectivity index (χ0n) is 9.84. The van der Waals surface area contributed by atoms with Crippen molar-refractivity contribution >= 4 is 11.6 Å². The Morgan fingerprint density at radius 2 is 1.84 bits per heavy atom. The van der Waals surface area contributed by atoms with Crippen molar-refractivity contribution in [3.05, 3.63) is 57.2 Å². The molecular weight excluding hydrogens is 246 g/mol. The number of carbonyl (C=O) groups is 2. The van der Waals surface area contributed by atoms with Crippen LogP contribution in [0, 0.1) is 4.91 Å². The van der Waals surface area contributed by atoms with Crippen LogP contribution in [0.5, 0.6) is 5.75 Å². The van der Waals surface area contributed by atoms with Crippen LogP contribution in [-0.4, -0.2) is 16.7 Å². The summed E-state index contributed by atoms with van der Waals surface area (Å²) in [7, 11) is 0. The molecule has 2 aliphatic rings. The molecule has 0 atom stereocenters. The molecule has 1 N–H and O–H groups in total. The number of ketones is 2. The minimum Gasteiger partial charge on any atom is -0.508 e. The number of nitrogens with zero attached hydrogens (tertiary/aromatic N) is 1. The number of Topliss-reactive ketones (excluding diaryl/α,β-unsaturated/α-hetero) is 2. The summed E-state index contributed by atoms with van der Waals surface area (Å²) >= 11 is 0. The van der Waals surface area contributed by atoms with Gasteiger partial charge in [-0.2, -0.15) is 0 Å². The number of nitroso groups, excluding NO2 is 1. The molecule has 0 fully saturated rings. The largest absolute Gasteiger partial charge is 0.508 e. The molecule has 19 heavy (non-hydrogen) atoms. The first-order chi connectivity index (χ1) is 9.11. The molecule has 2 aliphatic carbocycles. The van der Waals surface area contributed by atoms with Crippen LogP contribution >= 0.6 is 0 Å². The second-order valence-electron chi connectivity index (χ2n) is 4.51. The lowest BCUT2D eigenvalue weighted by atomic mass is 9.79. The van der Waals surface area contributed by atoms with Gasteiger partial charge in [-0.25, -0.2) is 0 Å². The van der Waals surface area contributed by atoms with E-state index in [4.69, 9.17) is 0 Å². The van der Waals surface area contributed by atoms with Crippen LogP contribution < -0.4 is 0 Å². The smallest absolute Gasteiger partial charge is 0.194 e. The highest BCUT2D eigenvalue weighted by Crippen LogP contribution is 2.35. The first kappa shape index (κ1) is 11.5. The molecule has 0 bridgehead atoms. The van der Waals surface area contributed by atoms with E-state index in [0.717, 1.165) is 0 Å². The van der Waals surface area contributed by atoms with Crippen molar-refractivity contribution in [3.63, 3.8) is 0 Å². The van der Waals surface area contributed by atoms with E-state index in [1.165, 1.54) is 24.3 Å². The number of fused-ring (bicyclic) bond motifs is 1. The Morgan fingerprint density at radius 1 is 1.05 bits per heavy atom. The van der Waals surface area contributed by atoms with Gasteiger partial charge in [-0.15, -0.1) is 4.91 Å². The number of aromatic hydroxyl groups is 1. The van der Waals surface area contributed by atoms with E-state index in [9.17, 15) is 19.6 Å². The topological polar surface area (TPSA) is 83.8 Å². The zero-order valence-corrected chi connectivity index (χ0v) is 9.84. The van der Waals surface area contributed by atoms with Crippen LogP contribution in [0.2, 0.25) is 0 Å². The average Bonchev–Trinajstić information content (AvgIpc) is 2.44. The molecule has 0 saturated heterocycles. The van der Waals surface area contributed by atoms with Crippen molar-refractivity contribution in [2.75, 3.05) is 0 Å². The number of carbonyl (C=O) groups excluding carboxylic acids is 2. The lowest BCUT2D eigenvalue weighted by Crippen LogP contribution is -2.23. The zero-order chi connectivity index (χ0) is 13.6. The van der Waals surface area contributed by atoms with Gasteiger partial charge in [-0.05, 0) is 42.3 Å². The highest BCUT2D eigenvalue weighted by molar-refractivity contribution is 6.28. The average molecular weight is 255 g/mol. The van der Waals surface area contributed by atoms with Crippen molar-refractivity contribution in [2.24, 2.45) is 5.18 Å². The van der Waals surface area contributed by atoms with Gasteiger partial charge < -0.3 is 5.11 Å². The molecule has 3 rings (SSSR count). The second-order valence-corrected chi connectivity index (χ2v) is 4.51. The molecule has 0 amide bonds. The summed E-state index contributed by atoms with van der Waals surface area (Å²) in [4.78, 5) is 35.1. The predicted octanol–water partition coefficient (Wildman–Crippen LogP) is 2.51. The maximum Gasteiger partial charge on any atom is 0.194 e. The maximum atomic E-state index is 12.3. The number of hydrogen-bond donors (Lipinski definition) is 1. The third-order valence-electron chi connectivity index (χ3n) is 3.40. The van der Waals surface area contributed by atoms with Crippen LogP contribution in [0.1, 0.15) is 33.6 Å². The van der Waals surface area contributed by atoms with Crippen molar-refractivity contribution in [1.82, 2.24) is 0 Å². The van der Waals surface area contributed by atoms with E-state index in [0.29, 0.717) is 18.4 Å². The highest BCUT2D eigenvalue weighted by atomic mass is 16.3. The number of benzene rings is 1. The first-order valence-electron chi connectivity index (χ1n) is 5.81. The summed E-state index contributed by atoms with van der Waals surface area (Å²) in [6.45, 7) is 0. The van der Waals surface area contributed by atoms with Crippen LogP contribution in [0.15, 0.2) is 46.3 Å². The minimum absolute atomic E-state index is 0.0504. The second kappa shape index (κ2) is 3.98. The van der Waals surface area contributed by atoms with E-state index < -0.39 is 0 Å². The van der Waals surface area contributed by atoms with Crippen LogP contribution in [-0.2, 0) is 0 Å². The quantitative estimate of drug-likeness (QED) is 0.781. The number of hydrogen-bond acceptors (Lipinski definition) is 5. The Morgan fingerprint density at radius 3 is 2.58 bits per heavy atom. The van der Waals surface area contributed by atoms with E-state index in [1.54, 1.807) is 0 Å². The summed E-state index contributed by atoms with van der Waals surface area (Å²) < 4.78 is 0. The lowest BCUT2D eigenvalue weighted by molar-refractivity contribution is 0.0973. The van der Waals surface area contributed by atoms with Crippen molar-refractivity contribution in [3.8, 4) is 5.75 Å². The summed E-state index contributed by atoms with van der Waals surface area (Å²) in [5.74, 6) is -0.613. The van der Waals surface area contributed by atoms with Crippen LogP contribution in [0.3, 0.4) is 0 Å². The molecule has 0 radical (unpaired) electrons. The molecule has 94 valence electrons. The fourth-order valence-corrected chi connectivity index (χ4v) is 2.45. The Labute approximate surface area is 108 Å². The van der Waals surface area contributed by atoms with Gasteiger partial charge in [0.1, 0.15) is 5.75 Å². The molecular formula is C14H9NO4. The molecule has 0 saturated carbocycles. The van der Waals surface area contributed by atoms with Gasteiger partial charge in [-0.3, -0.25) is 9.59 Å². The van der Waals surface area contributed by atoms with Crippen LogP contribution in [0.25, 0.3) is 0 Å². The summed E-state index contributed by atoms with van der Waals surface area (Å²) in [6.07, 6.45) is 2.07. The molecule has 1 aromatic rings. The molecule has 0 aliphatic heterocycles. The van der Waals surface area contributed by atoms with Gasteiger partial charge in [0.25, 0.3) is 0 Å². The molecule has 5 heteroatoms. The summed E-state index contributed by atoms with van der Waals surface area (Å²) in [5, 5.41) is 12.3. The minimum atomic E-state index is -0.301. The Bertz CT molecular complexity index is 697. The SMILES string of the molecule is O=NC1=CC2=C(CC1)C(=O)c1cc(O)ccc1C2=O. The highest BCUT2D eigenvalue weighted by Gasteiger charge is 2.33. The standard InChI is InChI=1S/C14H9NO4/c16-8-2-4-10-12(6-8)14(18)9-3-1-7(15-19)5-11(9)13(10)17/h2,4-6,16H,1,3H2. The first-order valence-corrected chi connectivity index (χ1v) is 5.81. The number of phenols is 1. The van der Waals surface area contributed by atoms with Gasteiger partial charge in [0.15, 0.2) is 11.6 Å². The summed E-state index contributed by atoms with van der Waals surface area (Å²) in [6, 6.07) is 4.09. The summed E-state index contributed by atoms with van der Waals surface area (Å²) in [5.41, 5.74) is 1.41. The van der Waals surface area contributed by atoms with E-state index in [-0.39, 0.29) is 39.7 Å². The Kier molecular flexibility index (Phi) is 2.41. The molecule has 0 spiro atoms. The van der Waals surface area contributed by atoms with Crippen molar-refractivity contribution in [2.45, 2.75) is 12.8 Å². The number of rotatable bonds is 1. The maximum absolute atomic E-state index is 12.3. The van der Waals surface area contributed by atoms with E-state index in [2.05, 4.69) is 5.18 Å². The van der Waals surface area contributed by atoms with Crippen molar-refractivity contribution in [1.29, 1.82) is 0 Å². The van der Waals surface area contributed by atoms with E-state index >= 15 is 0 Å². The third-order valence-corrected chi connectivity index (χ3v) is 3.40. The van der Waals surface area contributed by atoms with Gasteiger partial charge in [0.2, 0.25) is 0 Å². The molecule has 0 aromatic heterocycles. The van der Waals surface area contributed by atoms with Gasteiger partial charge in [0, 0.05) is 22.3 Å². The third kappa shape index (κ3) is 1.62. The van der Waals surface area contributed by atoms with Crippen molar-refractivity contribution < 1.29 is 14.7 Å². The molecule has 5 nitrogen and oxygen atoms in total. The monoisotopic (exact) mass is 255 g/mol. The molecule has 0 unspecified atom stereocenters. The van der Waals surface area contributed by atoms with Crippen LogP contribution in [0.4, 0.5) is 0 Å². The van der Waals surface area contributed by atoms with Gasteiger partial charge in [0.05, 0.1) is 5.70 Å². The normalized spacial score (nSPS) is 17.8. The predicted molar refractivity (Wildman–Crippen MR) is 66.9 cm³/mol. The van der Waals surface area contributed by atoms with Gasteiger partial charge in [-0.1, -0.05) is 0 Å². The lowest BCUT2D eigenvalue weighted by Gasteiger charge is -2.22. The molecule has 1 aromatic carbocycles. The number of allylic oxidation sites excluding steroid dienone is 4. The molecule has 0 heterocycles.